The van der Waals surface area contributed by atoms with Crippen LogP contribution in [0.25, 0.3) is 11.1 Å². The molecule has 146 valence electrons. The molecule has 4 rings (SSSR count). The number of nitrogens with one attached hydrogen (secondary N) is 1. The fourth-order valence-corrected chi connectivity index (χ4v) is 5.48. The Morgan fingerprint density at radius 3 is 2.32 bits per heavy atom. The van der Waals surface area contributed by atoms with Gasteiger partial charge in [-0.05, 0) is 40.8 Å². The molecule has 2 aromatic rings. The summed E-state index contributed by atoms with van der Waals surface area (Å²) in [6.45, 7) is 0.232. The molecule has 0 spiro atoms. The SMILES string of the molecule is O=C(O)CC1(NC(=O)OCC2c3ccccc3-c3ccccc32)CCCSC1. The summed E-state index contributed by atoms with van der Waals surface area (Å²) in [5.41, 5.74) is 3.95. The number of aliphatic carboxylic acids is 1. The number of carbonyl (C=O) groups excluding carboxylic acids is 1. The summed E-state index contributed by atoms with van der Waals surface area (Å²) < 4.78 is 5.60. The number of benzene rings is 2. The van der Waals surface area contributed by atoms with Gasteiger partial charge in [-0.1, -0.05) is 48.5 Å². The molecule has 0 radical (unpaired) electrons. The maximum Gasteiger partial charge on any atom is 0.407 e. The summed E-state index contributed by atoms with van der Waals surface area (Å²) in [5.74, 6) is 0.688. The van der Waals surface area contributed by atoms with E-state index >= 15 is 0 Å². The summed E-state index contributed by atoms with van der Waals surface area (Å²) in [6.07, 6.45) is 0.938. The molecule has 1 atom stereocenters. The highest BCUT2D eigenvalue weighted by molar-refractivity contribution is 7.99. The molecular formula is C22H23NO4S. The Labute approximate surface area is 168 Å². The van der Waals surface area contributed by atoms with Gasteiger partial charge in [-0.15, -0.1) is 0 Å². The normalized spacial score (nSPS) is 20.9. The molecule has 1 heterocycles. The fraction of sp³-hybridized carbons (Fsp3) is 0.364. The molecule has 1 unspecified atom stereocenters. The van der Waals surface area contributed by atoms with E-state index in [4.69, 9.17) is 4.74 Å². The fourth-order valence-electron chi connectivity index (χ4n) is 4.28. The van der Waals surface area contributed by atoms with Crippen LogP contribution in [0, 0.1) is 0 Å². The topological polar surface area (TPSA) is 75.6 Å². The maximum atomic E-state index is 12.5. The van der Waals surface area contributed by atoms with E-state index in [1.807, 2.05) is 24.3 Å². The Morgan fingerprint density at radius 2 is 1.75 bits per heavy atom. The maximum absolute atomic E-state index is 12.5. The zero-order chi connectivity index (χ0) is 19.6. The number of amides is 1. The summed E-state index contributed by atoms with van der Waals surface area (Å²) in [7, 11) is 0. The summed E-state index contributed by atoms with van der Waals surface area (Å²) in [4.78, 5) is 23.8. The molecule has 1 aliphatic carbocycles. The number of carboxylic acids is 1. The molecule has 28 heavy (non-hydrogen) atoms. The summed E-state index contributed by atoms with van der Waals surface area (Å²) >= 11 is 1.68. The van der Waals surface area contributed by atoms with Crippen molar-refractivity contribution >= 4 is 23.8 Å². The lowest BCUT2D eigenvalue weighted by Crippen LogP contribution is -2.53. The van der Waals surface area contributed by atoms with Crippen LogP contribution in [-0.4, -0.2) is 40.8 Å². The van der Waals surface area contributed by atoms with E-state index in [1.165, 1.54) is 11.1 Å². The van der Waals surface area contributed by atoms with E-state index < -0.39 is 17.6 Å². The summed E-state index contributed by atoms with van der Waals surface area (Å²) in [5, 5.41) is 12.1. The van der Waals surface area contributed by atoms with Crippen LogP contribution >= 0.6 is 11.8 Å². The standard InChI is InChI=1S/C22H23NO4S/c24-20(25)12-22(10-5-11-28-14-22)23-21(26)27-13-19-17-8-3-1-6-15(17)16-7-2-4-9-18(16)19/h1-4,6-9,19H,5,10-14H2,(H,23,26)(H,24,25). The number of alkyl carbamates (subject to hydrolysis) is 1. The van der Waals surface area contributed by atoms with E-state index in [0.29, 0.717) is 12.2 Å². The van der Waals surface area contributed by atoms with Crippen molar-refractivity contribution in [1.29, 1.82) is 0 Å². The number of fused-ring (bicyclic) bond motifs is 3. The molecule has 1 aliphatic heterocycles. The Kier molecular flexibility index (Phi) is 5.31. The Bertz CT molecular complexity index is 846. The van der Waals surface area contributed by atoms with Gasteiger partial charge in [0.05, 0.1) is 12.0 Å². The summed E-state index contributed by atoms with van der Waals surface area (Å²) in [6, 6.07) is 16.4. The predicted molar refractivity (Wildman–Crippen MR) is 110 cm³/mol. The van der Waals surface area contributed by atoms with Gasteiger partial charge < -0.3 is 15.2 Å². The van der Waals surface area contributed by atoms with Crippen molar-refractivity contribution in [2.45, 2.75) is 30.7 Å². The molecule has 0 aromatic heterocycles. The highest BCUT2D eigenvalue weighted by Gasteiger charge is 2.37. The molecule has 2 N–H and O–H groups in total. The average Bonchev–Trinajstić information content (AvgIpc) is 3.00. The van der Waals surface area contributed by atoms with Gasteiger partial charge in [0.1, 0.15) is 6.61 Å². The van der Waals surface area contributed by atoms with Crippen LogP contribution in [0.2, 0.25) is 0 Å². The van der Waals surface area contributed by atoms with Gasteiger partial charge in [0, 0.05) is 11.7 Å². The quantitative estimate of drug-likeness (QED) is 0.788. The highest BCUT2D eigenvalue weighted by atomic mass is 32.2. The van der Waals surface area contributed by atoms with Crippen LogP contribution in [-0.2, 0) is 9.53 Å². The van der Waals surface area contributed by atoms with Crippen molar-refractivity contribution in [2.24, 2.45) is 0 Å². The minimum absolute atomic E-state index is 0.00527. The van der Waals surface area contributed by atoms with Gasteiger partial charge in [-0.2, -0.15) is 11.8 Å². The van der Waals surface area contributed by atoms with Gasteiger partial charge in [-0.25, -0.2) is 4.79 Å². The molecule has 6 heteroatoms. The van der Waals surface area contributed by atoms with E-state index in [1.54, 1.807) is 11.8 Å². The van der Waals surface area contributed by atoms with E-state index in [2.05, 4.69) is 29.6 Å². The second-order valence-corrected chi connectivity index (χ2v) is 8.56. The lowest BCUT2D eigenvalue weighted by molar-refractivity contribution is -0.138. The van der Waals surface area contributed by atoms with Gasteiger partial charge in [0.2, 0.25) is 0 Å². The monoisotopic (exact) mass is 397 g/mol. The second kappa shape index (κ2) is 7.87. The largest absolute Gasteiger partial charge is 0.481 e. The van der Waals surface area contributed by atoms with E-state index in [0.717, 1.165) is 23.3 Å². The first-order chi connectivity index (χ1) is 13.6. The molecule has 2 aromatic carbocycles. The van der Waals surface area contributed by atoms with Gasteiger partial charge in [-0.3, -0.25) is 4.79 Å². The lowest BCUT2D eigenvalue weighted by atomic mass is 9.91. The highest BCUT2D eigenvalue weighted by Crippen LogP contribution is 2.44. The van der Waals surface area contributed by atoms with E-state index in [-0.39, 0.29) is 18.9 Å². The minimum atomic E-state index is -0.901. The van der Waals surface area contributed by atoms with Gasteiger partial charge >= 0.3 is 12.1 Å². The number of ether oxygens (including phenoxy) is 1. The Hall–Kier alpha value is -2.47. The molecule has 1 fully saturated rings. The van der Waals surface area contributed by atoms with Gasteiger partial charge in [0.15, 0.2) is 0 Å². The molecule has 5 nitrogen and oxygen atoms in total. The van der Waals surface area contributed by atoms with Crippen LogP contribution in [0.15, 0.2) is 48.5 Å². The zero-order valence-electron chi connectivity index (χ0n) is 15.5. The van der Waals surface area contributed by atoms with Crippen LogP contribution in [0.4, 0.5) is 4.79 Å². The number of rotatable bonds is 5. The van der Waals surface area contributed by atoms with E-state index in [9.17, 15) is 14.7 Å². The lowest BCUT2D eigenvalue weighted by Gasteiger charge is -2.36. The molecule has 2 aliphatic rings. The van der Waals surface area contributed by atoms with Crippen molar-refractivity contribution < 1.29 is 19.4 Å². The van der Waals surface area contributed by atoms with Crippen LogP contribution in [0.5, 0.6) is 0 Å². The molecule has 0 saturated carbocycles. The average molecular weight is 397 g/mol. The third-order valence-electron chi connectivity index (χ3n) is 5.52. The van der Waals surface area contributed by atoms with Crippen LogP contribution < -0.4 is 5.32 Å². The third-order valence-corrected chi connectivity index (χ3v) is 6.86. The first-order valence-corrected chi connectivity index (χ1v) is 10.7. The smallest absolute Gasteiger partial charge is 0.407 e. The first kappa shape index (κ1) is 18.9. The van der Waals surface area contributed by atoms with Crippen molar-refractivity contribution in [1.82, 2.24) is 5.32 Å². The molecule has 0 bridgehead atoms. The number of hydrogen-bond donors (Lipinski definition) is 2. The Morgan fingerprint density at radius 1 is 1.11 bits per heavy atom. The van der Waals surface area contributed by atoms with Crippen molar-refractivity contribution in [3.05, 3.63) is 59.7 Å². The van der Waals surface area contributed by atoms with Gasteiger partial charge in [0.25, 0.3) is 0 Å². The number of hydrogen-bond acceptors (Lipinski definition) is 4. The van der Waals surface area contributed by atoms with Crippen LogP contribution in [0.3, 0.4) is 0 Å². The number of carboxylic acid groups (broad SMARTS) is 1. The second-order valence-electron chi connectivity index (χ2n) is 7.46. The zero-order valence-corrected chi connectivity index (χ0v) is 16.3. The van der Waals surface area contributed by atoms with Crippen molar-refractivity contribution in [3.63, 3.8) is 0 Å². The third kappa shape index (κ3) is 3.74. The first-order valence-electron chi connectivity index (χ1n) is 9.51. The molecule has 1 saturated heterocycles. The van der Waals surface area contributed by atoms with Crippen molar-refractivity contribution in [3.8, 4) is 11.1 Å². The Balaban J connectivity index is 1.47. The number of carbonyl (C=O) groups is 2. The number of thioether (sulfide) groups is 1. The van der Waals surface area contributed by atoms with Crippen LogP contribution in [0.1, 0.15) is 36.3 Å². The van der Waals surface area contributed by atoms with Crippen molar-refractivity contribution in [2.75, 3.05) is 18.1 Å². The minimum Gasteiger partial charge on any atom is -0.481 e. The predicted octanol–water partition coefficient (Wildman–Crippen LogP) is 4.27. The molecular weight excluding hydrogens is 374 g/mol. The molecule has 1 amide bonds.